The zero-order valence-electron chi connectivity index (χ0n) is 15.6. The summed E-state index contributed by atoms with van der Waals surface area (Å²) in [6, 6.07) is 20.6. The predicted octanol–water partition coefficient (Wildman–Crippen LogP) is 2.29. The molecule has 0 fully saturated rings. The minimum absolute atomic E-state index is 0.808. The van der Waals surface area contributed by atoms with Gasteiger partial charge in [-0.25, -0.2) is 8.42 Å². The average molecular weight is 390 g/mol. The average Bonchev–Trinajstić information content (AvgIpc) is 2.93. The molecule has 0 saturated carbocycles. The Morgan fingerprint density at radius 3 is 1.78 bits per heavy atom. The van der Waals surface area contributed by atoms with E-state index in [1.54, 1.807) is 7.11 Å². The summed E-state index contributed by atoms with van der Waals surface area (Å²) in [6.07, 6.45) is 0. The topological polar surface area (TPSA) is 84.5 Å². The molecule has 0 aliphatic carbocycles. The summed E-state index contributed by atoms with van der Waals surface area (Å²) >= 11 is 0. The van der Waals surface area contributed by atoms with Crippen molar-refractivity contribution in [3.8, 4) is 28.3 Å². The highest BCUT2D eigenvalue weighted by Gasteiger charge is 2.29. The van der Waals surface area contributed by atoms with E-state index in [9.17, 15) is 13.0 Å². The Morgan fingerprint density at radius 2 is 1.37 bits per heavy atom. The van der Waals surface area contributed by atoms with Gasteiger partial charge in [-0.1, -0.05) is 48.5 Å². The maximum Gasteiger partial charge on any atom is 0.280 e. The van der Waals surface area contributed by atoms with Crippen LogP contribution in [0.25, 0.3) is 22.5 Å². The second-order valence-corrected chi connectivity index (χ2v) is 6.73. The SMILES string of the molecule is COS(=O)(=O)[O-].COc1c(-c2ccccc2)n(C)[n+](C)c1-c1ccccc1. The van der Waals surface area contributed by atoms with Crippen molar-refractivity contribution in [3.63, 3.8) is 0 Å². The molecule has 7 nitrogen and oxygen atoms in total. The monoisotopic (exact) mass is 390 g/mol. The third kappa shape index (κ3) is 4.94. The van der Waals surface area contributed by atoms with Gasteiger partial charge in [-0.2, -0.15) is 4.68 Å². The Bertz CT molecular complexity index is 921. The fourth-order valence-electron chi connectivity index (χ4n) is 2.73. The van der Waals surface area contributed by atoms with Gasteiger partial charge < -0.3 is 9.29 Å². The van der Waals surface area contributed by atoms with E-state index in [2.05, 4.69) is 51.9 Å². The molecule has 0 amide bonds. The zero-order valence-corrected chi connectivity index (χ0v) is 16.4. The molecule has 0 unspecified atom stereocenters. The van der Waals surface area contributed by atoms with E-state index >= 15 is 0 Å². The first-order valence-corrected chi connectivity index (χ1v) is 9.38. The molecule has 0 radical (unpaired) electrons. The van der Waals surface area contributed by atoms with Crippen LogP contribution >= 0.6 is 0 Å². The van der Waals surface area contributed by atoms with Crippen molar-refractivity contribution in [1.29, 1.82) is 0 Å². The van der Waals surface area contributed by atoms with Crippen molar-refractivity contribution in [2.24, 2.45) is 14.1 Å². The van der Waals surface area contributed by atoms with E-state index in [1.807, 2.05) is 36.4 Å². The Labute approximate surface area is 159 Å². The molecule has 3 rings (SSSR count). The number of benzene rings is 2. The van der Waals surface area contributed by atoms with E-state index in [4.69, 9.17) is 4.74 Å². The lowest BCUT2D eigenvalue weighted by atomic mass is 10.1. The summed E-state index contributed by atoms with van der Waals surface area (Å²) < 4.78 is 41.0. The molecule has 1 heterocycles. The Kier molecular flexibility index (Phi) is 6.73. The summed E-state index contributed by atoms with van der Waals surface area (Å²) in [5.74, 6) is 0.900. The minimum Gasteiger partial charge on any atom is -0.726 e. The van der Waals surface area contributed by atoms with Gasteiger partial charge in [0.1, 0.15) is 0 Å². The van der Waals surface area contributed by atoms with Gasteiger partial charge >= 0.3 is 0 Å². The summed E-state index contributed by atoms with van der Waals surface area (Å²) in [4.78, 5) is 0. The number of hydrogen-bond donors (Lipinski definition) is 0. The third-order valence-corrected chi connectivity index (χ3v) is 4.44. The van der Waals surface area contributed by atoms with E-state index in [-0.39, 0.29) is 0 Å². The molecule has 2 aromatic carbocycles. The largest absolute Gasteiger partial charge is 0.726 e. The lowest BCUT2D eigenvalue weighted by molar-refractivity contribution is -0.740. The summed E-state index contributed by atoms with van der Waals surface area (Å²) in [5.41, 5.74) is 4.46. The molecule has 3 aromatic rings. The highest BCUT2D eigenvalue weighted by molar-refractivity contribution is 7.80. The van der Waals surface area contributed by atoms with Crippen LogP contribution in [0.4, 0.5) is 0 Å². The minimum atomic E-state index is -4.41. The smallest absolute Gasteiger partial charge is 0.280 e. The summed E-state index contributed by atoms with van der Waals surface area (Å²) in [5, 5.41) is 0. The number of nitrogens with zero attached hydrogens (tertiary/aromatic N) is 2. The molecule has 0 N–H and O–H groups in total. The molecule has 0 atom stereocenters. The van der Waals surface area contributed by atoms with Crippen molar-refractivity contribution in [1.82, 2.24) is 4.68 Å². The van der Waals surface area contributed by atoms with Crippen LogP contribution in [0.2, 0.25) is 0 Å². The molecule has 8 heteroatoms. The van der Waals surface area contributed by atoms with E-state index in [0.717, 1.165) is 35.4 Å². The number of ether oxygens (including phenoxy) is 1. The summed E-state index contributed by atoms with van der Waals surface area (Å²) in [6.45, 7) is 0. The van der Waals surface area contributed by atoms with Crippen molar-refractivity contribution in [2.45, 2.75) is 0 Å². The maximum atomic E-state index is 9.22. The lowest BCUT2D eigenvalue weighted by Gasteiger charge is -2.02. The molecule has 0 aliphatic rings. The van der Waals surface area contributed by atoms with Crippen molar-refractivity contribution in [3.05, 3.63) is 60.7 Å². The van der Waals surface area contributed by atoms with E-state index in [0.29, 0.717) is 0 Å². The molecular weight excluding hydrogens is 368 g/mol. The van der Waals surface area contributed by atoms with Gasteiger partial charge in [0.25, 0.3) is 5.69 Å². The van der Waals surface area contributed by atoms with Crippen LogP contribution < -0.4 is 9.42 Å². The number of hydrogen-bond acceptors (Lipinski definition) is 5. The van der Waals surface area contributed by atoms with Crippen LogP contribution in [0.3, 0.4) is 0 Å². The van der Waals surface area contributed by atoms with Gasteiger partial charge in [0.15, 0.2) is 12.7 Å². The van der Waals surface area contributed by atoms with Crippen molar-refractivity contribution in [2.75, 3.05) is 14.2 Å². The van der Waals surface area contributed by atoms with Gasteiger partial charge in [-0.3, -0.25) is 4.18 Å². The fourth-order valence-corrected chi connectivity index (χ4v) is 2.73. The molecule has 0 aliphatic heterocycles. The lowest BCUT2D eigenvalue weighted by Crippen LogP contribution is -2.39. The van der Waals surface area contributed by atoms with Gasteiger partial charge in [0, 0.05) is 5.56 Å². The van der Waals surface area contributed by atoms with E-state index < -0.39 is 10.4 Å². The number of methoxy groups -OCH3 is 1. The van der Waals surface area contributed by atoms with Crippen LogP contribution in [0.15, 0.2) is 60.7 Å². The first kappa shape index (κ1) is 20.6. The normalized spacial score (nSPS) is 10.9. The van der Waals surface area contributed by atoms with Crippen LogP contribution in [-0.2, 0) is 28.7 Å². The second-order valence-electron chi connectivity index (χ2n) is 5.58. The number of rotatable bonds is 4. The van der Waals surface area contributed by atoms with Gasteiger partial charge in [0.05, 0.1) is 26.8 Å². The first-order chi connectivity index (χ1) is 12.8. The van der Waals surface area contributed by atoms with E-state index in [1.165, 1.54) is 0 Å². The third-order valence-electron chi connectivity index (χ3n) is 4.03. The highest BCUT2D eigenvalue weighted by Crippen LogP contribution is 2.36. The maximum absolute atomic E-state index is 9.22. The standard InChI is InChI=1S/C18H19N2O.CH4O4S/c1-19-16(14-10-6-4-7-11-14)18(21-3)17(20(19)2)15-12-8-5-9-13-15;1-5-6(2,3)4/h4-13H,1-3H3;1H3,(H,2,3,4)/q+1;/p-1. The predicted molar refractivity (Wildman–Crippen MR) is 101 cm³/mol. The Hall–Kier alpha value is -2.68. The van der Waals surface area contributed by atoms with Crippen LogP contribution in [0.1, 0.15) is 0 Å². The molecular formula is C19H22N2O5S. The van der Waals surface area contributed by atoms with Gasteiger partial charge in [-0.15, -0.1) is 4.68 Å². The molecule has 0 saturated heterocycles. The second kappa shape index (κ2) is 8.81. The highest BCUT2D eigenvalue weighted by atomic mass is 32.3. The Morgan fingerprint density at radius 1 is 0.926 bits per heavy atom. The molecule has 1 aromatic heterocycles. The molecule has 144 valence electrons. The molecule has 27 heavy (non-hydrogen) atoms. The Balaban J connectivity index is 0.000000380. The quantitative estimate of drug-likeness (QED) is 0.388. The van der Waals surface area contributed by atoms with Gasteiger partial charge in [-0.05, 0) is 12.1 Å². The molecule has 0 spiro atoms. The van der Waals surface area contributed by atoms with Crippen LogP contribution in [-0.4, -0.2) is 31.9 Å². The van der Waals surface area contributed by atoms with Crippen LogP contribution in [0, 0.1) is 0 Å². The summed E-state index contributed by atoms with van der Waals surface area (Å²) in [7, 11) is 2.23. The van der Waals surface area contributed by atoms with Crippen LogP contribution in [0.5, 0.6) is 5.75 Å². The zero-order chi connectivity index (χ0) is 20.0. The van der Waals surface area contributed by atoms with Gasteiger partial charge in [0.2, 0.25) is 16.1 Å². The molecule has 0 bridgehead atoms. The van der Waals surface area contributed by atoms with Crippen molar-refractivity contribution < 1.29 is 26.6 Å². The number of aromatic nitrogens is 2. The fraction of sp³-hybridized carbons (Fsp3) is 0.211. The first-order valence-electron chi connectivity index (χ1n) is 8.05. The van der Waals surface area contributed by atoms with Crippen molar-refractivity contribution >= 4 is 10.4 Å².